The van der Waals surface area contributed by atoms with Crippen molar-refractivity contribution in [1.29, 1.82) is 0 Å². The van der Waals surface area contributed by atoms with Gasteiger partial charge < -0.3 is 25.6 Å². The molecule has 0 saturated heterocycles. The third kappa shape index (κ3) is 9.86. The van der Waals surface area contributed by atoms with Gasteiger partial charge in [0.25, 0.3) is 0 Å². The van der Waals surface area contributed by atoms with Crippen LogP contribution in [-0.2, 0) is 17.9 Å². The van der Waals surface area contributed by atoms with Crippen molar-refractivity contribution in [2.45, 2.75) is 40.0 Å². The Bertz CT molecular complexity index is 900. The summed E-state index contributed by atoms with van der Waals surface area (Å²) in [6.07, 6.45) is 0.114. The normalized spacial score (nSPS) is 11.2. The van der Waals surface area contributed by atoms with Crippen LogP contribution in [-0.4, -0.2) is 50.6 Å². The maximum atomic E-state index is 12.0. The van der Waals surface area contributed by atoms with Crippen LogP contribution in [0.5, 0.6) is 5.75 Å². The smallest absolute Gasteiger partial charge is 0.238 e. The Morgan fingerprint density at radius 3 is 2.47 bits per heavy atom. The van der Waals surface area contributed by atoms with E-state index in [0.717, 1.165) is 22.6 Å². The molecule has 32 heavy (non-hydrogen) atoms. The topological polar surface area (TPSA) is 78.0 Å². The SMILES string of the molecule is CN=C(NCc1cccc(NC(=O)CN(C)C)c1)NCc1ccc(C)cc1OC(C)C.I. The van der Waals surface area contributed by atoms with Crippen LogP contribution in [0.4, 0.5) is 5.69 Å². The van der Waals surface area contributed by atoms with E-state index in [9.17, 15) is 4.79 Å². The molecule has 0 heterocycles. The van der Waals surface area contributed by atoms with Crippen molar-refractivity contribution in [3.63, 3.8) is 0 Å². The second-order valence-electron chi connectivity index (χ2n) is 8.04. The van der Waals surface area contributed by atoms with Crippen molar-refractivity contribution in [2.75, 3.05) is 33.0 Å². The first-order valence-electron chi connectivity index (χ1n) is 10.5. The largest absolute Gasteiger partial charge is 0.491 e. The molecule has 0 aliphatic heterocycles. The van der Waals surface area contributed by atoms with Crippen LogP contribution in [0.15, 0.2) is 47.5 Å². The number of carbonyl (C=O) groups excluding carboxylic acids is 1. The molecule has 2 aromatic rings. The number of hydrogen-bond donors (Lipinski definition) is 3. The van der Waals surface area contributed by atoms with E-state index >= 15 is 0 Å². The standard InChI is InChI=1S/C24H35N5O2.HI/c1-17(2)31-22-12-18(3)10-11-20(22)15-27-24(25-4)26-14-19-8-7-9-21(13-19)28-23(30)16-29(5)6;/h7-13,17H,14-16H2,1-6H3,(H,28,30)(H2,25,26,27);1H. The average Bonchev–Trinajstić information content (AvgIpc) is 2.68. The molecule has 8 heteroatoms. The molecule has 3 N–H and O–H groups in total. The van der Waals surface area contributed by atoms with E-state index in [4.69, 9.17) is 4.74 Å². The number of amides is 1. The van der Waals surface area contributed by atoms with Crippen molar-refractivity contribution in [2.24, 2.45) is 4.99 Å². The molecule has 1 amide bonds. The number of aryl methyl sites for hydroxylation is 1. The minimum Gasteiger partial charge on any atom is -0.491 e. The van der Waals surface area contributed by atoms with Gasteiger partial charge in [0.05, 0.1) is 12.6 Å². The van der Waals surface area contributed by atoms with E-state index in [1.807, 2.05) is 57.1 Å². The lowest BCUT2D eigenvalue weighted by atomic mass is 10.1. The molecule has 0 fully saturated rings. The minimum atomic E-state index is -0.0369. The predicted molar refractivity (Wildman–Crippen MR) is 143 cm³/mol. The number of ether oxygens (including phenoxy) is 1. The number of likely N-dealkylation sites (N-methyl/N-ethyl adjacent to an activating group) is 1. The Morgan fingerprint density at radius 1 is 1.09 bits per heavy atom. The van der Waals surface area contributed by atoms with E-state index in [0.29, 0.717) is 25.6 Å². The molecule has 0 aliphatic rings. The van der Waals surface area contributed by atoms with Gasteiger partial charge in [0, 0.05) is 31.4 Å². The third-order valence-electron chi connectivity index (χ3n) is 4.39. The fourth-order valence-electron chi connectivity index (χ4n) is 3.00. The van der Waals surface area contributed by atoms with Gasteiger partial charge in [-0.25, -0.2) is 0 Å². The third-order valence-corrected chi connectivity index (χ3v) is 4.39. The van der Waals surface area contributed by atoms with E-state index in [-0.39, 0.29) is 36.0 Å². The first-order chi connectivity index (χ1) is 14.8. The predicted octanol–water partition coefficient (Wildman–Crippen LogP) is 3.77. The molecular formula is C24H36IN5O2. The van der Waals surface area contributed by atoms with Gasteiger partial charge in [0.1, 0.15) is 5.75 Å². The first-order valence-corrected chi connectivity index (χ1v) is 10.5. The van der Waals surface area contributed by atoms with Crippen LogP contribution in [0.1, 0.15) is 30.5 Å². The zero-order valence-corrected chi connectivity index (χ0v) is 22.2. The lowest BCUT2D eigenvalue weighted by Gasteiger charge is -2.17. The Labute approximate surface area is 209 Å². The number of nitrogens with zero attached hydrogens (tertiary/aromatic N) is 2. The summed E-state index contributed by atoms with van der Waals surface area (Å²) in [5.74, 6) is 1.54. The molecule has 0 unspecified atom stereocenters. The average molecular weight is 553 g/mol. The molecule has 0 spiro atoms. The monoisotopic (exact) mass is 553 g/mol. The Morgan fingerprint density at radius 2 is 1.81 bits per heavy atom. The molecular weight excluding hydrogens is 517 g/mol. The molecule has 0 aromatic heterocycles. The number of hydrogen-bond acceptors (Lipinski definition) is 4. The highest BCUT2D eigenvalue weighted by Gasteiger charge is 2.08. The van der Waals surface area contributed by atoms with E-state index < -0.39 is 0 Å². The zero-order valence-electron chi connectivity index (χ0n) is 19.9. The van der Waals surface area contributed by atoms with Crippen molar-refractivity contribution >= 4 is 41.5 Å². The minimum absolute atomic E-state index is 0. The second-order valence-corrected chi connectivity index (χ2v) is 8.04. The highest BCUT2D eigenvalue weighted by atomic mass is 127. The van der Waals surface area contributed by atoms with Gasteiger partial charge in [-0.3, -0.25) is 9.79 Å². The van der Waals surface area contributed by atoms with Crippen molar-refractivity contribution in [3.8, 4) is 5.75 Å². The fraction of sp³-hybridized carbons (Fsp3) is 0.417. The van der Waals surface area contributed by atoms with Crippen LogP contribution >= 0.6 is 24.0 Å². The zero-order chi connectivity index (χ0) is 22.8. The van der Waals surface area contributed by atoms with Crippen molar-refractivity contribution in [1.82, 2.24) is 15.5 Å². The Kier molecular flexibility index (Phi) is 12.1. The molecule has 2 aromatic carbocycles. The lowest BCUT2D eigenvalue weighted by Crippen LogP contribution is -2.36. The summed E-state index contributed by atoms with van der Waals surface area (Å²) < 4.78 is 5.95. The van der Waals surface area contributed by atoms with Gasteiger partial charge in [-0.15, -0.1) is 24.0 Å². The summed E-state index contributed by atoms with van der Waals surface area (Å²) in [4.78, 5) is 18.1. The molecule has 0 radical (unpaired) electrons. The lowest BCUT2D eigenvalue weighted by molar-refractivity contribution is -0.116. The second kappa shape index (κ2) is 13.9. The van der Waals surface area contributed by atoms with Crippen LogP contribution in [0.25, 0.3) is 0 Å². The maximum Gasteiger partial charge on any atom is 0.238 e. The summed E-state index contributed by atoms with van der Waals surface area (Å²) in [7, 11) is 5.48. The number of halogens is 1. The summed E-state index contributed by atoms with van der Waals surface area (Å²) >= 11 is 0. The fourth-order valence-corrected chi connectivity index (χ4v) is 3.00. The molecule has 0 bridgehead atoms. The number of nitrogens with one attached hydrogen (secondary N) is 3. The van der Waals surface area contributed by atoms with Crippen LogP contribution in [0.2, 0.25) is 0 Å². The summed E-state index contributed by atoms with van der Waals surface area (Å²) in [5.41, 5.74) is 4.07. The number of benzene rings is 2. The number of rotatable bonds is 9. The maximum absolute atomic E-state index is 12.0. The van der Waals surface area contributed by atoms with Crippen LogP contribution in [0, 0.1) is 6.92 Å². The van der Waals surface area contributed by atoms with E-state index in [1.165, 1.54) is 5.56 Å². The number of carbonyl (C=O) groups is 1. The van der Waals surface area contributed by atoms with Gasteiger partial charge in [-0.05, 0) is 64.2 Å². The van der Waals surface area contributed by atoms with Gasteiger partial charge >= 0.3 is 0 Å². The number of anilines is 1. The Balaban J connectivity index is 0.00000512. The molecule has 2 rings (SSSR count). The van der Waals surface area contributed by atoms with Crippen LogP contribution in [0.3, 0.4) is 0 Å². The first kappa shape index (κ1) is 27.7. The summed E-state index contributed by atoms with van der Waals surface area (Å²) in [5, 5.41) is 9.58. The highest BCUT2D eigenvalue weighted by molar-refractivity contribution is 14.0. The van der Waals surface area contributed by atoms with Crippen LogP contribution < -0.4 is 20.7 Å². The van der Waals surface area contributed by atoms with Gasteiger partial charge in [0.15, 0.2) is 5.96 Å². The molecule has 0 saturated carbocycles. The van der Waals surface area contributed by atoms with Gasteiger partial charge in [-0.2, -0.15) is 0 Å². The molecule has 0 aliphatic carbocycles. The number of guanidine groups is 1. The van der Waals surface area contributed by atoms with E-state index in [1.54, 1.807) is 7.05 Å². The van der Waals surface area contributed by atoms with Crippen molar-refractivity contribution < 1.29 is 9.53 Å². The van der Waals surface area contributed by atoms with Gasteiger partial charge in [-0.1, -0.05) is 24.3 Å². The van der Waals surface area contributed by atoms with Gasteiger partial charge in [0.2, 0.25) is 5.91 Å². The quantitative estimate of drug-likeness (QED) is 0.251. The molecule has 0 atom stereocenters. The molecule has 7 nitrogen and oxygen atoms in total. The number of aliphatic imine (C=N–C) groups is 1. The highest BCUT2D eigenvalue weighted by Crippen LogP contribution is 2.21. The summed E-state index contributed by atoms with van der Waals surface area (Å²) in [6, 6.07) is 14.0. The Hall–Kier alpha value is -2.33. The summed E-state index contributed by atoms with van der Waals surface area (Å²) in [6.45, 7) is 7.64. The van der Waals surface area contributed by atoms with E-state index in [2.05, 4.69) is 46.1 Å². The molecule has 176 valence electrons. The van der Waals surface area contributed by atoms with Crippen molar-refractivity contribution in [3.05, 3.63) is 59.2 Å².